The number of fused-ring (bicyclic) bond motifs is 3. The number of pyridine rings is 2. The lowest BCUT2D eigenvalue weighted by atomic mass is 10.0. The molecule has 0 saturated heterocycles. The van der Waals surface area contributed by atoms with E-state index >= 15 is 0 Å². The second-order valence-electron chi connectivity index (χ2n) is 3.84. The molecule has 18 heavy (non-hydrogen) atoms. The van der Waals surface area contributed by atoms with Crippen molar-refractivity contribution in [3.63, 3.8) is 0 Å². The molecule has 1 aromatic carbocycles. The molecule has 0 amide bonds. The standard InChI is InChI=1S/C12H9BN2O3/c16-13(17)18-12-5-8-1-3-14-6-10(8)11-7-15-4-2-9(11)12/h1-7,16-17H. The second kappa shape index (κ2) is 4.25. The molecule has 3 rings (SSSR count). The SMILES string of the molecule is OB(O)Oc1cc2ccncc2c2cnccc12. The lowest BCUT2D eigenvalue weighted by molar-refractivity contribution is 0.290. The summed E-state index contributed by atoms with van der Waals surface area (Å²) in [5, 5.41) is 21.4. The van der Waals surface area contributed by atoms with Gasteiger partial charge >= 0.3 is 7.32 Å². The smallest absolute Gasteiger partial charge is 0.511 e. The van der Waals surface area contributed by atoms with Crippen molar-refractivity contribution < 1.29 is 14.7 Å². The van der Waals surface area contributed by atoms with Crippen molar-refractivity contribution >= 4 is 28.9 Å². The quantitative estimate of drug-likeness (QED) is 0.518. The van der Waals surface area contributed by atoms with E-state index in [2.05, 4.69) is 9.97 Å². The van der Waals surface area contributed by atoms with Gasteiger partial charge in [-0.15, -0.1) is 0 Å². The molecule has 0 spiro atoms. The van der Waals surface area contributed by atoms with Crippen molar-refractivity contribution in [2.45, 2.75) is 0 Å². The minimum Gasteiger partial charge on any atom is -0.511 e. The summed E-state index contributed by atoms with van der Waals surface area (Å²) < 4.78 is 5.00. The van der Waals surface area contributed by atoms with E-state index in [0.717, 1.165) is 21.5 Å². The van der Waals surface area contributed by atoms with Gasteiger partial charge in [-0.25, -0.2) is 0 Å². The van der Waals surface area contributed by atoms with E-state index in [4.69, 9.17) is 14.7 Å². The molecule has 6 heteroatoms. The Kier molecular flexibility index (Phi) is 2.58. The largest absolute Gasteiger partial charge is 0.707 e. The van der Waals surface area contributed by atoms with Crippen LogP contribution in [0.25, 0.3) is 21.5 Å². The van der Waals surface area contributed by atoms with Crippen LogP contribution in [-0.4, -0.2) is 27.3 Å². The summed E-state index contributed by atoms with van der Waals surface area (Å²) in [6.45, 7) is 0. The highest BCUT2D eigenvalue weighted by molar-refractivity contribution is 6.34. The van der Waals surface area contributed by atoms with Gasteiger partial charge in [-0.05, 0) is 23.6 Å². The van der Waals surface area contributed by atoms with Crippen molar-refractivity contribution in [1.29, 1.82) is 0 Å². The number of benzene rings is 1. The summed E-state index contributed by atoms with van der Waals surface area (Å²) in [6, 6.07) is 5.34. The number of rotatable bonds is 2. The maximum atomic E-state index is 8.94. The molecular formula is C12H9BN2O3. The van der Waals surface area contributed by atoms with Crippen molar-refractivity contribution in [3.05, 3.63) is 43.0 Å². The van der Waals surface area contributed by atoms with E-state index in [-0.39, 0.29) is 0 Å². The molecule has 0 aliphatic rings. The van der Waals surface area contributed by atoms with Gasteiger partial charge in [0, 0.05) is 40.9 Å². The molecule has 2 heterocycles. The second-order valence-corrected chi connectivity index (χ2v) is 3.84. The normalized spacial score (nSPS) is 10.8. The van der Waals surface area contributed by atoms with Crippen LogP contribution >= 0.6 is 0 Å². The minimum atomic E-state index is -1.85. The predicted molar refractivity (Wildman–Crippen MR) is 67.9 cm³/mol. The van der Waals surface area contributed by atoms with Crippen molar-refractivity contribution in [2.24, 2.45) is 0 Å². The molecule has 2 N–H and O–H groups in total. The van der Waals surface area contributed by atoms with E-state index in [1.807, 2.05) is 6.07 Å². The zero-order valence-electron chi connectivity index (χ0n) is 9.32. The first kappa shape index (κ1) is 10.9. The minimum absolute atomic E-state index is 0.404. The third kappa shape index (κ3) is 1.77. The Bertz CT molecular complexity index is 718. The first-order valence-electron chi connectivity index (χ1n) is 5.39. The fraction of sp³-hybridized carbons (Fsp3) is 0. The van der Waals surface area contributed by atoms with Gasteiger partial charge in [0.1, 0.15) is 5.75 Å². The molecule has 0 unspecified atom stereocenters. The summed E-state index contributed by atoms with van der Waals surface area (Å²) >= 11 is 0. The third-order valence-corrected chi connectivity index (χ3v) is 2.75. The lowest BCUT2D eigenvalue weighted by Crippen LogP contribution is -2.20. The molecule has 0 aliphatic carbocycles. The summed E-state index contributed by atoms with van der Waals surface area (Å²) in [5.41, 5.74) is 0. The Labute approximate surface area is 103 Å². The van der Waals surface area contributed by atoms with Gasteiger partial charge in [-0.1, -0.05) is 0 Å². The van der Waals surface area contributed by atoms with E-state index < -0.39 is 7.32 Å². The molecule has 0 aliphatic heterocycles. The van der Waals surface area contributed by atoms with Gasteiger partial charge < -0.3 is 14.7 Å². The van der Waals surface area contributed by atoms with Gasteiger partial charge in [-0.3, -0.25) is 9.97 Å². The molecule has 0 saturated carbocycles. The van der Waals surface area contributed by atoms with Gasteiger partial charge in [0.25, 0.3) is 0 Å². The van der Waals surface area contributed by atoms with Crippen LogP contribution in [0, 0.1) is 0 Å². The fourth-order valence-electron chi connectivity index (χ4n) is 2.01. The highest BCUT2D eigenvalue weighted by Gasteiger charge is 2.15. The summed E-state index contributed by atoms with van der Waals surface area (Å²) in [6.07, 6.45) is 6.75. The highest BCUT2D eigenvalue weighted by atomic mass is 16.6. The van der Waals surface area contributed by atoms with Crippen LogP contribution in [0.1, 0.15) is 0 Å². The van der Waals surface area contributed by atoms with E-state index in [1.165, 1.54) is 0 Å². The molecule has 3 aromatic rings. The zero-order chi connectivity index (χ0) is 12.5. The number of hydrogen-bond acceptors (Lipinski definition) is 5. The van der Waals surface area contributed by atoms with Crippen molar-refractivity contribution in [2.75, 3.05) is 0 Å². The van der Waals surface area contributed by atoms with Crippen molar-refractivity contribution in [1.82, 2.24) is 9.97 Å². The van der Waals surface area contributed by atoms with E-state index in [9.17, 15) is 0 Å². The van der Waals surface area contributed by atoms with E-state index in [1.54, 1.807) is 36.9 Å². The first-order valence-corrected chi connectivity index (χ1v) is 5.39. The Morgan fingerprint density at radius 3 is 2.44 bits per heavy atom. The topological polar surface area (TPSA) is 75.5 Å². The average molecular weight is 240 g/mol. The molecular weight excluding hydrogens is 231 g/mol. The van der Waals surface area contributed by atoms with Crippen LogP contribution in [0.3, 0.4) is 0 Å². The monoisotopic (exact) mass is 240 g/mol. The number of nitrogens with zero attached hydrogens (tertiary/aromatic N) is 2. The maximum absolute atomic E-state index is 8.94. The number of hydrogen-bond donors (Lipinski definition) is 2. The van der Waals surface area contributed by atoms with Crippen molar-refractivity contribution in [3.8, 4) is 5.75 Å². The Morgan fingerprint density at radius 1 is 0.944 bits per heavy atom. The summed E-state index contributed by atoms with van der Waals surface area (Å²) in [7, 11) is -1.85. The first-order chi connectivity index (χ1) is 8.75. The summed E-state index contributed by atoms with van der Waals surface area (Å²) in [5.74, 6) is 0.404. The van der Waals surface area contributed by atoms with Crippen LogP contribution in [0.5, 0.6) is 5.75 Å². The fourth-order valence-corrected chi connectivity index (χ4v) is 2.01. The lowest BCUT2D eigenvalue weighted by Gasteiger charge is -2.10. The van der Waals surface area contributed by atoms with Crippen LogP contribution in [-0.2, 0) is 0 Å². The van der Waals surface area contributed by atoms with Crippen LogP contribution in [0.4, 0.5) is 0 Å². The Hall–Kier alpha value is -2.18. The van der Waals surface area contributed by atoms with Gasteiger partial charge in [-0.2, -0.15) is 0 Å². The maximum Gasteiger partial charge on any atom is 0.707 e. The molecule has 0 bridgehead atoms. The van der Waals surface area contributed by atoms with Crippen LogP contribution in [0.2, 0.25) is 0 Å². The summed E-state index contributed by atoms with van der Waals surface area (Å²) in [4.78, 5) is 8.16. The third-order valence-electron chi connectivity index (χ3n) is 2.75. The van der Waals surface area contributed by atoms with Gasteiger partial charge in [0.05, 0.1) is 0 Å². The highest BCUT2D eigenvalue weighted by Crippen LogP contribution is 2.32. The molecule has 5 nitrogen and oxygen atoms in total. The molecule has 0 radical (unpaired) electrons. The zero-order valence-corrected chi connectivity index (χ0v) is 9.32. The molecule has 0 fully saturated rings. The molecule has 0 atom stereocenters. The van der Waals surface area contributed by atoms with Crippen LogP contribution in [0.15, 0.2) is 43.0 Å². The molecule has 2 aromatic heterocycles. The van der Waals surface area contributed by atoms with Gasteiger partial charge in [0.15, 0.2) is 0 Å². The molecule has 88 valence electrons. The van der Waals surface area contributed by atoms with E-state index in [0.29, 0.717) is 5.75 Å². The van der Waals surface area contributed by atoms with Gasteiger partial charge in [0.2, 0.25) is 0 Å². The Morgan fingerprint density at radius 2 is 1.67 bits per heavy atom. The Balaban J connectivity index is 2.39. The van der Waals surface area contributed by atoms with Crippen LogP contribution < -0.4 is 4.65 Å². The predicted octanol–water partition coefficient (Wildman–Crippen LogP) is 1.13. The average Bonchev–Trinajstić information content (AvgIpc) is 2.38. The number of aromatic nitrogens is 2.